The first kappa shape index (κ1) is 19.9. The van der Waals surface area contributed by atoms with Crippen LogP contribution in [0.25, 0.3) is 11.3 Å². The Balaban J connectivity index is 1.49. The highest BCUT2D eigenvalue weighted by atomic mass is 19.4. The maximum atomic E-state index is 12.3. The monoisotopic (exact) mass is 417 g/mol. The van der Waals surface area contributed by atoms with Gasteiger partial charge in [-0.05, 0) is 36.4 Å². The number of hydrogen-bond acceptors (Lipinski definition) is 7. The number of alkyl halides is 3. The van der Waals surface area contributed by atoms with E-state index in [9.17, 15) is 13.2 Å². The molecule has 1 N–H and O–H groups in total. The van der Waals surface area contributed by atoms with Gasteiger partial charge in [0, 0.05) is 36.6 Å². The van der Waals surface area contributed by atoms with Crippen LogP contribution in [-0.4, -0.2) is 47.6 Å². The minimum absolute atomic E-state index is 0.288. The molecule has 156 valence electrons. The fraction of sp³-hybridized carbons (Fsp3) is 0.250. The van der Waals surface area contributed by atoms with Crippen molar-refractivity contribution in [3.8, 4) is 17.0 Å². The summed E-state index contributed by atoms with van der Waals surface area (Å²) in [7, 11) is 0. The standard InChI is InChI=1S/C20H18F3N5O2/c21-20(22,23)30-16-3-1-15(2-4-16)27-18-12-17(25-13-26-18)14-5-6-24-19(11-14)28-7-9-29-10-8-28/h1-6,11-13H,7-10H2,(H,25,26,27). The molecule has 1 aliphatic heterocycles. The largest absolute Gasteiger partial charge is 0.573 e. The van der Waals surface area contributed by atoms with Gasteiger partial charge in [0.25, 0.3) is 0 Å². The minimum Gasteiger partial charge on any atom is -0.406 e. The van der Waals surface area contributed by atoms with E-state index in [1.54, 1.807) is 12.3 Å². The summed E-state index contributed by atoms with van der Waals surface area (Å²) in [4.78, 5) is 15.1. The lowest BCUT2D eigenvalue weighted by Crippen LogP contribution is -2.36. The summed E-state index contributed by atoms with van der Waals surface area (Å²) in [5, 5.41) is 3.05. The van der Waals surface area contributed by atoms with E-state index < -0.39 is 6.36 Å². The van der Waals surface area contributed by atoms with Crippen molar-refractivity contribution in [1.82, 2.24) is 15.0 Å². The number of benzene rings is 1. The molecule has 0 spiro atoms. The van der Waals surface area contributed by atoms with E-state index in [1.165, 1.54) is 30.6 Å². The van der Waals surface area contributed by atoms with Crippen molar-refractivity contribution in [3.63, 3.8) is 0 Å². The van der Waals surface area contributed by atoms with Crippen LogP contribution in [0.5, 0.6) is 5.75 Å². The van der Waals surface area contributed by atoms with Gasteiger partial charge in [0.15, 0.2) is 0 Å². The number of nitrogens with zero attached hydrogens (tertiary/aromatic N) is 4. The zero-order chi connectivity index (χ0) is 21.0. The summed E-state index contributed by atoms with van der Waals surface area (Å²) in [5.41, 5.74) is 2.14. The van der Waals surface area contributed by atoms with Crippen LogP contribution in [0.1, 0.15) is 0 Å². The van der Waals surface area contributed by atoms with E-state index in [4.69, 9.17) is 4.74 Å². The summed E-state index contributed by atoms with van der Waals surface area (Å²) >= 11 is 0. The van der Waals surface area contributed by atoms with E-state index >= 15 is 0 Å². The lowest BCUT2D eigenvalue weighted by atomic mass is 10.1. The number of anilines is 3. The van der Waals surface area contributed by atoms with Gasteiger partial charge in [0.1, 0.15) is 23.7 Å². The van der Waals surface area contributed by atoms with Gasteiger partial charge in [-0.3, -0.25) is 0 Å². The first-order valence-electron chi connectivity index (χ1n) is 9.20. The van der Waals surface area contributed by atoms with Crippen molar-refractivity contribution in [2.24, 2.45) is 0 Å². The normalized spacial score (nSPS) is 14.4. The van der Waals surface area contributed by atoms with Crippen molar-refractivity contribution >= 4 is 17.3 Å². The Morgan fingerprint density at radius 2 is 1.73 bits per heavy atom. The molecule has 0 bridgehead atoms. The van der Waals surface area contributed by atoms with Crippen LogP contribution in [-0.2, 0) is 4.74 Å². The molecule has 0 aliphatic carbocycles. The van der Waals surface area contributed by atoms with Gasteiger partial charge in [0.05, 0.1) is 18.9 Å². The molecule has 2 aromatic heterocycles. The summed E-state index contributed by atoms with van der Waals surface area (Å²) in [6.45, 7) is 2.89. The first-order valence-corrected chi connectivity index (χ1v) is 9.20. The molecule has 10 heteroatoms. The third kappa shape index (κ3) is 5.15. The number of halogens is 3. The van der Waals surface area contributed by atoms with Crippen molar-refractivity contribution in [2.45, 2.75) is 6.36 Å². The smallest absolute Gasteiger partial charge is 0.406 e. The Morgan fingerprint density at radius 1 is 0.967 bits per heavy atom. The number of hydrogen-bond donors (Lipinski definition) is 1. The Morgan fingerprint density at radius 3 is 2.47 bits per heavy atom. The topological polar surface area (TPSA) is 72.4 Å². The molecule has 1 saturated heterocycles. The molecular formula is C20H18F3N5O2. The molecule has 30 heavy (non-hydrogen) atoms. The maximum Gasteiger partial charge on any atom is 0.573 e. The molecule has 0 radical (unpaired) electrons. The summed E-state index contributed by atoms with van der Waals surface area (Å²) in [5.74, 6) is 1.07. The number of aromatic nitrogens is 3. The van der Waals surface area contributed by atoms with E-state index in [0.717, 1.165) is 24.5 Å². The van der Waals surface area contributed by atoms with Crippen LogP contribution in [0.4, 0.5) is 30.5 Å². The third-order valence-corrected chi connectivity index (χ3v) is 4.40. The van der Waals surface area contributed by atoms with E-state index in [2.05, 4.69) is 29.9 Å². The molecule has 7 nitrogen and oxygen atoms in total. The van der Waals surface area contributed by atoms with Crippen molar-refractivity contribution in [3.05, 3.63) is 55.0 Å². The first-order chi connectivity index (χ1) is 14.5. The van der Waals surface area contributed by atoms with Gasteiger partial charge in [-0.15, -0.1) is 13.2 Å². The highest BCUT2D eigenvalue weighted by molar-refractivity contribution is 5.67. The molecular weight excluding hydrogens is 399 g/mol. The Bertz CT molecular complexity index is 992. The lowest BCUT2D eigenvalue weighted by molar-refractivity contribution is -0.274. The molecule has 3 aromatic rings. The number of morpholine rings is 1. The molecule has 4 rings (SSSR count). The molecule has 1 aromatic carbocycles. The van der Waals surface area contributed by atoms with Gasteiger partial charge >= 0.3 is 6.36 Å². The molecule has 1 fully saturated rings. The van der Waals surface area contributed by atoms with Crippen LogP contribution in [0.3, 0.4) is 0 Å². The SMILES string of the molecule is FC(F)(F)Oc1ccc(Nc2cc(-c3ccnc(N4CCOCC4)c3)ncn2)cc1. The maximum absolute atomic E-state index is 12.3. The number of nitrogens with one attached hydrogen (secondary N) is 1. The minimum atomic E-state index is -4.72. The molecule has 3 heterocycles. The summed E-state index contributed by atoms with van der Waals surface area (Å²) in [6, 6.07) is 11.0. The zero-order valence-corrected chi connectivity index (χ0v) is 15.8. The van der Waals surface area contributed by atoms with Crippen LogP contribution < -0.4 is 15.0 Å². The molecule has 0 saturated carbocycles. The summed E-state index contributed by atoms with van der Waals surface area (Å²) < 4.78 is 46.1. The van der Waals surface area contributed by atoms with Crippen LogP contribution in [0, 0.1) is 0 Å². The van der Waals surface area contributed by atoms with E-state index in [-0.39, 0.29) is 5.75 Å². The zero-order valence-electron chi connectivity index (χ0n) is 15.8. The average molecular weight is 417 g/mol. The second-order valence-electron chi connectivity index (χ2n) is 6.49. The summed E-state index contributed by atoms with van der Waals surface area (Å²) in [6.07, 6.45) is -1.57. The Labute approximate surface area is 170 Å². The van der Waals surface area contributed by atoms with E-state index in [0.29, 0.717) is 30.4 Å². The van der Waals surface area contributed by atoms with E-state index in [1.807, 2.05) is 12.1 Å². The van der Waals surface area contributed by atoms with Gasteiger partial charge in [-0.25, -0.2) is 15.0 Å². The Kier molecular flexibility index (Phi) is 5.66. The predicted molar refractivity (Wildman–Crippen MR) is 105 cm³/mol. The second kappa shape index (κ2) is 8.54. The van der Waals surface area contributed by atoms with Gasteiger partial charge in [-0.2, -0.15) is 0 Å². The number of rotatable bonds is 5. The third-order valence-electron chi connectivity index (χ3n) is 4.40. The Hall–Kier alpha value is -3.40. The van der Waals surface area contributed by atoms with Crippen LogP contribution in [0.15, 0.2) is 55.0 Å². The second-order valence-corrected chi connectivity index (χ2v) is 6.49. The molecule has 0 atom stereocenters. The highest BCUT2D eigenvalue weighted by Crippen LogP contribution is 2.27. The van der Waals surface area contributed by atoms with Crippen molar-refractivity contribution in [1.29, 1.82) is 0 Å². The number of pyridine rings is 1. The quantitative estimate of drug-likeness (QED) is 0.672. The van der Waals surface area contributed by atoms with Gasteiger partial charge in [-0.1, -0.05) is 0 Å². The molecule has 1 aliphatic rings. The van der Waals surface area contributed by atoms with Crippen molar-refractivity contribution < 1.29 is 22.6 Å². The van der Waals surface area contributed by atoms with Gasteiger partial charge in [0.2, 0.25) is 0 Å². The van der Waals surface area contributed by atoms with Crippen LogP contribution >= 0.6 is 0 Å². The molecule has 0 amide bonds. The predicted octanol–water partition coefficient (Wildman–Crippen LogP) is 4.02. The number of ether oxygens (including phenoxy) is 2. The fourth-order valence-electron chi connectivity index (χ4n) is 3.01. The van der Waals surface area contributed by atoms with Crippen LogP contribution in [0.2, 0.25) is 0 Å². The average Bonchev–Trinajstić information content (AvgIpc) is 2.75. The van der Waals surface area contributed by atoms with Gasteiger partial charge < -0.3 is 19.7 Å². The highest BCUT2D eigenvalue weighted by Gasteiger charge is 2.30. The lowest BCUT2D eigenvalue weighted by Gasteiger charge is -2.27. The molecule has 0 unspecified atom stereocenters. The fourth-order valence-corrected chi connectivity index (χ4v) is 3.01. The van der Waals surface area contributed by atoms with Crippen molar-refractivity contribution in [2.75, 3.05) is 36.5 Å².